The zero-order valence-corrected chi connectivity index (χ0v) is 17.0. The lowest BCUT2D eigenvalue weighted by atomic mass is 10.0. The Morgan fingerprint density at radius 3 is 2.37 bits per heavy atom. The van der Waals surface area contributed by atoms with Crippen molar-refractivity contribution in [3.63, 3.8) is 0 Å². The first-order valence-electron chi connectivity index (χ1n) is 8.48. The summed E-state index contributed by atoms with van der Waals surface area (Å²) in [6, 6.07) is 10.8. The van der Waals surface area contributed by atoms with Gasteiger partial charge in [0.2, 0.25) is 0 Å². The van der Waals surface area contributed by atoms with Crippen molar-refractivity contribution in [1.29, 1.82) is 0 Å². The molecule has 0 bridgehead atoms. The highest BCUT2D eigenvalue weighted by molar-refractivity contribution is 6.37. The van der Waals surface area contributed by atoms with Crippen LogP contribution in [0.3, 0.4) is 0 Å². The summed E-state index contributed by atoms with van der Waals surface area (Å²) in [6.45, 7) is 4.36. The predicted octanol–water partition coefficient (Wildman–Crippen LogP) is 5.84. The van der Waals surface area contributed by atoms with Crippen LogP contribution in [-0.2, 0) is 22.6 Å². The third-order valence-corrected chi connectivity index (χ3v) is 4.41. The molecule has 0 aliphatic rings. The maximum Gasteiger partial charge on any atom is 0.339 e. The standard InChI is InChI=1S/C21H22Cl2O4/c1-13(2)8-14-9-18(22)20(19(23)10-14)27-11-15-6-4-5-7-16(15)17(12-26-3)21(24)25/h4-7,9-10,12-13H,8,11H2,1-3H3,(H,24,25). The van der Waals surface area contributed by atoms with Crippen LogP contribution < -0.4 is 4.74 Å². The molecule has 1 N–H and O–H groups in total. The van der Waals surface area contributed by atoms with Crippen molar-refractivity contribution in [2.24, 2.45) is 5.92 Å². The molecule has 0 saturated carbocycles. The first kappa shape index (κ1) is 21.1. The highest BCUT2D eigenvalue weighted by atomic mass is 35.5. The van der Waals surface area contributed by atoms with Crippen molar-refractivity contribution >= 4 is 34.7 Å². The van der Waals surface area contributed by atoms with Crippen LogP contribution in [0.15, 0.2) is 42.7 Å². The van der Waals surface area contributed by atoms with E-state index in [9.17, 15) is 9.90 Å². The van der Waals surface area contributed by atoms with Gasteiger partial charge in [0.15, 0.2) is 5.75 Å². The van der Waals surface area contributed by atoms with Gasteiger partial charge in [0.25, 0.3) is 0 Å². The second-order valence-electron chi connectivity index (χ2n) is 6.50. The van der Waals surface area contributed by atoms with Gasteiger partial charge in [-0.05, 0) is 41.2 Å². The molecule has 144 valence electrons. The number of ether oxygens (including phenoxy) is 2. The molecule has 6 heteroatoms. The van der Waals surface area contributed by atoms with Crippen LogP contribution in [0.2, 0.25) is 10.0 Å². The lowest BCUT2D eigenvalue weighted by Gasteiger charge is -2.15. The molecule has 0 unspecified atom stereocenters. The molecular weight excluding hydrogens is 387 g/mol. The monoisotopic (exact) mass is 408 g/mol. The average Bonchev–Trinajstić information content (AvgIpc) is 2.58. The lowest BCUT2D eigenvalue weighted by Crippen LogP contribution is -2.06. The molecule has 0 spiro atoms. The second-order valence-corrected chi connectivity index (χ2v) is 7.32. The van der Waals surface area contributed by atoms with Gasteiger partial charge in [-0.3, -0.25) is 0 Å². The molecule has 0 atom stereocenters. The molecule has 0 aromatic heterocycles. The van der Waals surface area contributed by atoms with Crippen molar-refractivity contribution in [2.75, 3.05) is 7.11 Å². The van der Waals surface area contributed by atoms with Gasteiger partial charge in [-0.15, -0.1) is 0 Å². The fourth-order valence-electron chi connectivity index (χ4n) is 2.75. The number of methoxy groups -OCH3 is 1. The van der Waals surface area contributed by atoms with Crippen molar-refractivity contribution in [3.8, 4) is 5.75 Å². The van der Waals surface area contributed by atoms with E-state index in [2.05, 4.69) is 13.8 Å². The molecule has 27 heavy (non-hydrogen) atoms. The minimum absolute atomic E-state index is 0.0428. The molecule has 0 amide bonds. The molecule has 4 nitrogen and oxygen atoms in total. The predicted molar refractivity (Wildman–Crippen MR) is 108 cm³/mol. The Labute approximate surface area is 169 Å². The molecule has 0 aliphatic heterocycles. The average molecular weight is 409 g/mol. The van der Waals surface area contributed by atoms with Gasteiger partial charge < -0.3 is 14.6 Å². The van der Waals surface area contributed by atoms with Crippen molar-refractivity contribution in [2.45, 2.75) is 26.9 Å². The zero-order valence-electron chi connectivity index (χ0n) is 15.5. The normalized spacial score (nSPS) is 11.6. The van der Waals surface area contributed by atoms with E-state index in [4.69, 9.17) is 32.7 Å². The highest BCUT2D eigenvalue weighted by Gasteiger charge is 2.17. The van der Waals surface area contributed by atoms with Crippen LogP contribution in [0.5, 0.6) is 5.75 Å². The molecule has 0 fully saturated rings. The molecule has 0 radical (unpaired) electrons. The van der Waals surface area contributed by atoms with E-state index in [1.54, 1.807) is 18.2 Å². The number of carboxylic acid groups (broad SMARTS) is 1. The van der Waals surface area contributed by atoms with Crippen LogP contribution in [0.4, 0.5) is 0 Å². The lowest BCUT2D eigenvalue weighted by molar-refractivity contribution is -0.130. The third-order valence-electron chi connectivity index (χ3n) is 3.85. The van der Waals surface area contributed by atoms with E-state index >= 15 is 0 Å². The smallest absolute Gasteiger partial charge is 0.339 e. The van der Waals surface area contributed by atoms with E-state index in [0.717, 1.165) is 12.0 Å². The first-order chi connectivity index (χ1) is 12.8. The van der Waals surface area contributed by atoms with Crippen LogP contribution in [-0.4, -0.2) is 18.2 Å². The summed E-state index contributed by atoms with van der Waals surface area (Å²) in [5, 5.41) is 10.3. The molecule has 2 rings (SSSR count). The highest BCUT2D eigenvalue weighted by Crippen LogP contribution is 2.36. The second kappa shape index (κ2) is 9.67. The van der Waals surface area contributed by atoms with E-state index < -0.39 is 5.97 Å². The van der Waals surface area contributed by atoms with Gasteiger partial charge in [-0.25, -0.2) is 4.79 Å². The maximum absolute atomic E-state index is 11.5. The van der Waals surface area contributed by atoms with Gasteiger partial charge in [-0.2, -0.15) is 0 Å². The topological polar surface area (TPSA) is 55.8 Å². The number of carbonyl (C=O) groups is 1. The van der Waals surface area contributed by atoms with Gasteiger partial charge in [0.1, 0.15) is 12.2 Å². The summed E-state index contributed by atoms with van der Waals surface area (Å²) in [5.74, 6) is -0.218. The Balaban J connectivity index is 2.28. The molecule has 0 heterocycles. The number of carboxylic acids is 1. The quantitative estimate of drug-likeness (QED) is 0.439. The third kappa shape index (κ3) is 5.65. The minimum Gasteiger partial charge on any atom is -0.503 e. The van der Waals surface area contributed by atoms with Gasteiger partial charge in [0, 0.05) is 0 Å². The van der Waals surface area contributed by atoms with Crippen molar-refractivity contribution in [1.82, 2.24) is 0 Å². The van der Waals surface area contributed by atoms with Crippen LogP contribution in [0.1, 0.15) is 30.5 Å². The number of rotatable bonds is 8. The van der Waals surface area contributed by atoms with Crippen molar-refractivity contribution in [3.05, 3.63) is 69.4 Å². The Hall–Kier alpha value is -2.17. The number of benzene rings is 2. The summed E-state index contributed by atoms with van der Waals surface area (Å²) < 4.78 is 10.7. The van der Waals surface area contributed by atoms with Gasteiger partial charge in [-0.1, -0.05) is 61.3 Å². The van der Waals surface area contributed by atoms with Crippen molar-refractivity contribution < 1.29 is 19.4 Å². The fourth-order valence-corrected chi connectivity index (χ4v) is 3.39. The fraction of sp³-hybridized carbons (Fsp3) is 0.286. The summed E-state index contributed by atoms with van der Waals surface area (Å²) in [4.78, 5) is 11.5. The van der Waals surface area contributed by atoms with E-state index in [0.29, 0.717) is 32.8 Å². The molecule has 2 aromatic carbocycles. The minimum atomic E-state index is -1.08. The number of aliphatic carboxylic acids is 1. The first-order valence-corrected chi connectivity index (χ1v) is 9.24. The number of halogens is 2. The summed E-state index contributed by atoms with van der Waals surface area (Å²) in [7, 11) is 1.40. The summed E-state index contributed by atoms with van der Waals surface area (Å²) in [6.07, 6.45) is 2.06. The molecular formula is C21H22Cl2O4. The van der Waals surface area contributed by atoms with Gasteiger partial charge >= 0.3 is 5.97 Å². The molecule has 0 aliphatic carbocycles. The summed E-state index contributed by atoms with van der Waals surface area (Å²) in [5.41, 5.74) is 2.28. The Morgan fingerprint density at radius 1 is 1.19 bits per heavy atom. The Morgan fingerprint density at radius 2 is 1.81 bits per heavy atom. The van der Waals surface area contributed by atoms with Crippen LogP contribution in [0, 0.1) is 5.92 Å². The zero-order chi connectivity index (χ0) is 20.0. The van der Waals surface area contributed by atoms with Crippen LogP contribution >= 0.6 is 23.2 Å². The van der Waals surface area contributed by atoms with Gasteiger partial charge in [0.05, 0.1) is 23.4 Å². The Kier molecular flexibility index (Phi) is 7.57. The van der Waals surface area contributed by atoms with E-state index in [-0.39, 0.29) is 12.2 Å². The molecule has 0 saturated heterocycles. The van der Waals surface area contributed by atoms with E-state index in [1.165, 1.54) is 13.4 Å². The van der Waals surface area contributed by atoms with E-state index in [1.807, 2.05) is 18.2 Å². The Bertz CT molecular complexity index is 821. The maximum atomic E-state index is 11.5. The largest absolute Gasteiger partial charge is 0.503 e. The molecule has 2 aromatic rings. The van der Waals surface area contributed by atoms with Crippen LogP contribution in [0.25, 0.3) is 5.57 Å². The SMILES string of the molecule is COC=C(C(=O)O)c1ccccc1COc1c(Cl)cc(CC(C)C)cc1Cl. The summed E-state index contributed by atoms with van der Waals surface area (Å²) >= 11 is 12.7. The number of hydrogen-bond donors (Lipinski definition) is 1. The number of hydrogen-bond acceptors (Lipinski definition) is 3.